The molecule has 1 aromatic carbocycles. The Balaban J connectivity index is 2.93. The first-order valence-corrected chi connectivity index (χ1v) is 5.65. The van der Waals surface area contributed by atoms with Crippen LogP contribution in [-0.2, 0) is 0 Å². The molecule has 0 saturated heterocycles. The van der Waals surface area contributed by atoms with Crippen molar-refractivity contribution >= 4 is 23.2 Å². The highest BCUT2D eigenvalue weighted by Gasteiger charge is 2.19. The average molecular weight is 269 g/mol. The van der Waals surface area contributed by atoms with Crippen molar-refractivity contribution in [1.29, 1.82) is 0 Å². The van der Waals surface area contributed by atoms with E-state index in [1.54, 1.807) is 0 Å². The molecule has 1 rings (SSSR count). The van der Waals surface area contributed by atoms with Crippen molar-refractivity contribution in [2.45, 2.75) is 13.8 Å². The van der Waals surface area contributed by atoms with E-state index in [1.165, 1.54) is 18.2 Å². The molecule has 0 aliphatic heterocycles. The van der Waals surface area contributed by atoms with Gasteiger partial charge in [-0.25, -0.2) is 0 Å². The van der Waals surface area contributed by atoms with Crippen LogP contribution in [0.15, 0.2) is 29.8 Å². The van der Waals surface area contributed by atoms with Crippen LogP contribution in [0.1, 0.15) is 24.2 Å². The summed E-state index contributed by atoms with van der Waals surface area (Å²) in [6.07, 6.45) is 1.81. The third-order valence-electron chi connectivity index (χ3n) is 2.17. The average Bonchev–Trinajstić information content (AvgIpc) is 2.27. The van der Waals surface area contributed by atoms with E-state index >= 15 is 0 Å². The van der Waals surface area contributed by atoms with Crippen LogP contribution in [0.5, 0.6) is 0 Å². The summed E-state index contributed by atoms with van der Waals surface area (Å²) in [5, 5.41) is 13.6. The number of nitrogens with zero attached hydrogens (tertiary/aromatic N) is 1. The minimum absolute atomic E-state index is 0.0327. The van der Waals surface area contributed by atoms with Gasteiger partial charge in [-0.2, -0.15) is 0 Å². The molecule has 0 aliphatic carbocycles. The van der Waals surface area contributed by atoms with Crippen LogP contribution in [0, 0.1) is 10.1 Å². The standard InChI is InChI=1S/C12H13ClN2O3/c1-8(2)5-6-14-12(16)10-7-9(13)3-4-11(10)15(17)18/h3-5,7H,6H2,1-2H3,(H,14,16). The first-order chi connectivity index (χ1) is 8.41. The summed E-state index contributed by atoms with van der Waals surface area (Å²) in [5.74, 6) is -0.512. The summed E-state index contributed by atoms with van der Waals surface area (Å²) in [6, 6.07) is 3.89. The Labute approximate surface area is 110 Å². The van der Waals surface area contributed by atoms with Gasteiger partial charge in [0.2, 0.25) is 0 Å². The van der Waals surface area contributed by atoms with Gasteiger partial charge in [0.25, 0.3) is 11.6 Å². The molecule has 0 radical (unpaired) electrons. The number of hydrogen-bond acceptors (Lipinski definition) is 3. The second-order valence-corrected chi connectivity index (χ2v) is 4.35. The Kier molecular flexibility index (Phi) is 4.85. The van der Waals surface area contributed by atoms with E-state index in [9.17, 15) is 14.9 Å². The highest BCUT2D eigenvalue weighted by Crippen LogP contribution is 2.22. The molecule has 0 unspecified atom stereocenters. The van der Waals surface area contributed by atoms with Crippen molar-refractivity contribution in [2.75, 3.05) is 6.54 Å². The molecule has 0 spiro atoms. The number of halogens is 1. The maximum atomic E-state index is 11.8. The van der Waals surface area contributed by atoms with Crippen molar-refractivity contribution < 1.29 is 9.72 Å². The lowest BCUT2D eigenvalue weighted by molar-refractivity contribution is -0.385. The number of nitro groups is 1. The Morgan fingerprint density at radius 3 is 2.72 bits per heavy atom. The van der Waals surface area contributed by atoms with Crippen LogP contribution >= 0.6 is 11.6 Å². The van der Waals surface area contributed by atoms with Crippen molar-refractivity contribution in [3.8, 4) is 0 Å². The number of carbonyl (C=O) groups is 1. The molecule has 0 bridgehead atoms. The van der Waals surface area contributed by atoms with E-state index in [2.05, 4.69) is 5.32 Å². The van der Waals surface area contributed by atoms with Gasteiger partial charge < -0.3 is 5.32 Å². The lowest BCUT2D eigenvalue weighted by atomic mass is 10.1. The molecule has 0 aliphatic rings. The van der Waals surface area contributed by atoms with Crippen LogP contribution in [0.25, 0.3) is 0 Å². The van der Waals surface area contributed by atoms with E-state index in [-0.39, 0.29) is 16.3 Å². The van der Waals surface area contributed by atoms with Crippen LogP contribution in [0.4, 0.5) is 5.69 Å². The predicted octanol–water partition coefficient (Wildman–Crippen LogP) is 2.94. The van der Waals surface area contributed by atoms with Gasteiger partial charge in [0, 0.05) is 17.6 Å². The van der Waals surface area contributed by atoms with Crippen LogP contribution in [-0.4, -0.2) is 17.4 Å². The number of carbonyl (C=O) groups excluding carboxylic acids is 1. The van der Waals surface area contributed by atoms with Gasteiger partial charge in [0.15, 0.2) is 0 Å². The maximum absolute atomic E-state index is 11.8. The van der Waals surface area contributed by atoms with Crippen molar-refractivity contribution in [1.82, 2.24) is 5.32 Å². The van der Waals surface area contributed by atoms with Gasteiger partial charge in [-0.15, -0.1) is 0 Å². The molecular formula is C12H13ClN2O3. The highest BCUT2D eigenvalue weighted by atomic mass is 35.5. The normalized spacial score (nSPS) is 9.72. The zero-order chi connectivity index (χ0) is 13.7. The molecule has 1 N–H and O–H groups in total. The van der Waals surface area contributed by atoms with Gasteiger partial charge in [0.1, 0.15) is 5.56 Å². The second-order valence-electron chi connectivity index (χ2n) is 3.91. The van der Waals surface area contributed by atoms with E-state index in [0.29, 0.717) is 6.54 Å². The SMILES string of the molecule is CC(C)=CCNC(=O)c1cc(Cl)ccc1[N+](=O)[O-]. The number of allylic oxidation sites excluding steroid dienone is 1. The first-order valence-electron chi connectivity index (χ1n) is 5.27. The number of amides is 1. The molecule has 6 heteroatoms. The fourth-order valence-corrected chi connectivity index (χ4v) is 1.46. The van der Waals surface area contributed by atoms with Gasteiger partial charge in [-0.3, -0.25) is 14.9 Å². The fourth-order valence-electron chi connectivity index (χ4n) is 1.29. The molecule has 0 aromatic heterocycles. The van der Waals surface area contributed by atoms with Crippen molar-refractivity contribution in [2.24, 2.45) is 0 Å². The smallest absolute Gasteiger partial charge is 0.282 e. The molecule has 0 fully saturated rings. The van der Waals surface area contributed by atoms with Crippen LogP contribution < -0.4 is 5.32 Å². The molecular weight excluding hydrogens is 256 g/mol. The number of benzene rings is 1. The molecule has 5 nitrogen and oxygen atoms in total. The minimum Gasteiger partial charge on any atom is -0.348 e. The first kappa shape index (κ1) is 14.2. The lowest BCUT2D eigenvalue weighted by Crippen LogP contribution is -2.24. The third-order valence-corrected chi connectivity index (χ3v) is 2.41. The Morgan fingerprint density at radius 1 is 1.50 bits per heavy atom. The van der Waals surface area contributed by atoms with Gasteiger partial charge in [-0.05, 0) is 26.0 Å². The van der Waals surface area contributed by atoms with Gasteiger partial charge >= 0.3 is 0 Å². The Morgan fingerprint density at radius 2 is 2.17 bits per heavy atom. The molecule has 96 valence electrons. The van der Waals surface area contributed by atoms with E-state index in [0.717, 1.165) is 5.57 Å². The van der Waals surface area contributed by atoms with Gasteiger partial charge in [0.05, 0.1) is 4.92 Å². The van der Waals surface area contributed by atoms with Crippen molar-refractivity contribution in [3.63, 3.8) is 0 Å². The molecule has 0 atom stereocenters. The zero-order valence-electron chi connectivity index (χ0n) is 10.1. The number of hydrogen-bond donors (Lipinski definition) is 1. The summed E-state index contributed by atoms with van der Waals surface area (Å²) >= 11 is 5.74. The van der Waals surface area contributed by atoms with Gasteiger partial charge in [-0.1, -0.05) is 23.3 Å². The Hall–Kier alpha value is -1.88. The number of nitro benzene ring substituents is 1. The monoisotopic (exact) mass is 268 g/mol. The van der Waals surface area contributed by atoms with E-state index in [1.807, 2.05) is 19.9 Å². The maximum Gasteiger partial charge on any atom is 0.282 e. The highest BCUT2D eigenvalue weighted by molar-refractivity contribution is 6.31. The van der Waals surface area contributed by atoms with Crippen molar-refractivity contribution in [3.05, 3.63) is 50.5 Å². The summed E-state index contributed by atoms with van der Waals surface area (Å²) in [5.41, 5.74) is 0.764. The van der Waals surface area contributed by atoms with Crippen LogP contribution in [0.3, 0.4) is 0 Å². The van der Waals surface area contributed by atoms with Crippen LogP contribution in [0.2, 0.25) is 5.02 Å². The second kappa shape index (κ2) is 6.16. The number of rotatable bonds is 4. The molecule has 1 amide bonds. The zero-order valence-corrected chi connectivity index (χ0v) is 10.8. The fraction of sp³-hybridized carbons (Fsp3) is 0.250. The summed E-state index contributed by atoms with van der Waals surface area (Å²) < 4.78 is 0. The van der Waals surface area contributed by atoms with E-state index < -0.39 is 10.8 Å². The quantitative estimate of drug-likeness (QED) is 0.518. The molecule has 1 aromatic rings. The third kappa shape index (κ3) is 3.85. The Bertz CT molecular complexity index is 508. The molecule has 0 heterocycles. The number of nitrogens with one attached hydrogen (secondary N) is 1. The molecule has 18 heavy (non-hydrogen) atoms. The topological polar surface area (TPSA) is 72.2 Å². The summed E-state index contributed by atoms with van der Waals surface area (Å²) in [7, 11) is 0. The minimum atomic E-state index is -0.605. The predicted molar refractivity (Wildman–Crippen MR) is 69.9 cm³/mol. The summed E-state index contributed by atoms with van der Waals surface area (Å²) in [6.45, 7) is 4.12. The largest absolute Gasteiger partial charge is 0.348 e. The summed E-state index contributed by atoms with van der Waals surface area (Å²) in [4.78, 5) is 22.0. The molecule has 0 saturated carbocycles. The lowest BCUT2D eigenvalue weighted by Gasteiger charge is -2.04. The van der Waals surface area contributed by atoms with E-state index in [4.69, 9.17) is 11.6 Å².